The van der Waals surface area contributed by atoms with Crippen LogP contribution in [0.5, 0.6) is 0 Å². The average Bonchev–Trinajstić information content (AvgIpc) is 2.13. The molecule has 1 fully saturated rings. The Morgan fingerprint density at radius 1 is 1.38 bits per heavy atom. The molecule has 2 atom stereocenters. The number of hydrogen-bond donors (Lipinski definition) is 2. The Morgan fingerprint density at radius 2 is 1.88 bits per heavy atom. The summed E-state index contributed by atoms with van der Waals surface area (Å²) in [6.45, 7) is 11.2. The fourth-order valence-corrected chi connectivity index (χ4v) is 2.04. The second-order valence-electron chi connectivity index (χ2n) is 5.56. The Bertz CT molecular complexity index is 243. The molecule has 0 spiro atoms. The van der Waals surface area contributed by atoms with E-state index in [1.54, 1.807) is 0 Å². The first-order valence-corrected chi connectivity index (χ1v) is 6.03. The van der Waals surface area contributed by atoms with E-state index in [9.17, 15) is 0 Å². The smallest absolute Gasteiger partial charge is 0.0963 e. The normalized spacial score (nSPS) is 28.0. The summed E-state index contributed by atoms with van der Waals surface area (Å²) in [5, 5.41) is 7.53. The minimum absolute atomic E-state index is 0.190. The minimum atomic E-state index is -0.190. The van der Waals surface area contributed by atoms with Gasteiger partial charge in [0.15, 0.2) is 0 Å². The summed E-state index contributed by atoms with van der Waals surface area (Å²) in [7, 11) is 0. The van der Waals surface area contributed by atoms with Crippen molar-refractivity contribution in [3.05, 3.63) is 0 Å². The van der Waals surface area contributed by atoms with Gasteiger partial charge in [0.25, 0.3) is 0 Å². The van der Waals surface area contributed by atoms with Gasteiger partial charge in [0, 0.05) is 18.5 Å². The van der Waals surface area contributed by atoms with Crippen molar-refractivity contribution in [1.29, 1.82) is 5.41 Å². The Morgan fingerprint density at radius 3 is 2.31 bits per heavy atom. The number of ether oxygens (including phenoxy) is 1. The first-order valence-electron chi connectivity index (χ1n) is 6.03. The number of nitrogens with two attached hydrogens (primary N) is 1. The summed E-state index contributed by atoms with van der Waals surface area (Å²) in [6, 6.07) is 0. The number of amidine groups is 1. The highest BCUT2D eigenvalue weighted by Gasteiger charge is 2.26. The summed E-state index contributed by atoms with van der Waals surface area (Å²) in [4.78, 5) is 2.41. The van der Waals surface area contributed by atoms with Crippen molar-refractivity contribution in [3.63, 3.8) is 0 Å². The molecular weight excluding hydrogens is 202 g/mol. The van der Waals surface area contributed by atoms with Gasteiger partial charge < -0.3 is 10.5 Å². The van der Waals surface area contributed by atoms with Crippen LogP contribution in [0.15, 0.2) is 0 Å². The Balaban J connectivity index is 2.40. The van der Waals surface area contributed by atoms with Crippen LogP contribution >= 0.6 is 0 Å². The Hall–Kier alpha value is -0.610. The first kappa shape index (κ1) is 13.5. The molecule has 0 saturated carbocycles. The number of hydrogen-bond acceptors (Lipinski definition) is 3. The standard InChI is InChI=1S/C12H25N3O/c1-9-7-15(8-10(2)16-9)6-5-12(3,4)11(13)14/h9-10H,5-8H2,1-4H3,(H3,13,14)/t9-,10+. The van der Waals surface area contributed by atoms with Gasteiger partial charge in [-0.25, -0.2) is 0 Å². The third-order valence-electron chi connectivity index (χ3n) is 3.28. The molecule has 0 aromatic carbocycles. The lowest BCUT2D eigenvalue weighted by Gasteiger charge is -2.37. The lowest BCUT2D eigenvalue weighted by Crippen LogP contribution is -2.47. The lowest BCUT2D eigenvalue weighted by atomic mass is 9.88. The van der Waals surface area contributed by atoms with Crippen LogP contribution in [0.4, 0.5) is 0 Å². The van der Waals surface area contributed by atoms with Crippen molar-refractivity contribution in [1.82, 2.24) is 4.90 Å². The van der Waals surface area contributed by atoms with Crippen molar-refractivity contribution in [2.75, 3.05) is 19.6 Å². The van der Waals surface area contributed by atoms with Crippen LogP contribution < -0.4 is 5.73 Å². The van der Waals surface area contributed by atoms with E-state index >= 15 is 0 Å². The van der Waals surface area contributed by atoms with E-state index < -0.39 is 0 Å². The molecule has 3 N–H and O–H groups in total. The molecule has 1 saturated heterocycles. The molecule has 0 radical (unpaired) electrons. The fraction of sp³-hybridized carbons (Fsp3) is 0.917. The largest absolute Gasteiger partial charge is 0.387 e. The second-order valence-corrected chi connectivity index (χ2v) is 5.56. The third-order valence-corrected chi connectivity index (χ3v) is 3.28. The van der Waals surface area contributed by atoms with Crippen LogP contribution in [-0.2, 0) is 4.74 Å². The van der Waals surface area contributed by atoms with Crippen molar-refractivity contribution >= 4 is 5.84 Å². The molecule has 1 aliphatic heterocycles. The molecule has 1 aliphatic rings. The first-order chi connectivity index (χ1) is 7.31. The van der Waals surface area contributed by atoms with Crippen molar-refractivity contribution < 1.29 is 4.74 Å². The second kappa shape index (κ2) is 5.15. The highest BCUT2D eigenvalue weighted by atomic mass is 16.5. The molecule has 16 heavy (non-hydrogen) atoms. The molecule has 4 heteroatoms. The van der Waals surface area contributed by atoms with Crippen molar-refractivity contribution in [2.45, 2.75) is 46.3 Å². The highest BCUT2D eigenvalue weighted by molar-refractivity contribution is 5.82. The van der Waals surface area contributed by atoms with E-state index in [1.165, 1.54) is 0 Å². The van der Waals surface area contributed by atoms with Gasteiger partial charge in [-0.3, -0.25) is 10.3 Å². The molecule has 0 aromatic rings. The van der Waals surface area contributed by atoms with E-state index in [2.05, 4.69) is 18.7 Å². The minimum Gasteiger partial charge on any atom is -0.387 e. The maximum Gasteiger partial charge on any atom is 0.0963 e. The van der Waals surface area contributed by atoms with Crippen molar-refractivity contribution in [2.24, 2.45) is 11.1 Å². The number of rotatable bonds is 4. The zero-order valence-corrected chi connectivity index (χ0v) is 10.9. The zero-order chi connectivity index (χ0) is 12.3. The van der Waals surface area contributed by atoms with E-state index in [0.29, 0.717) is 12.2 Å². The maximum absolute atomic E-state index is 7.53. The summed E-state index contributed by atoms with van der Waals surface area (Å²) in [6.07, 6.45) is 1.55. The molecule has 0 amide bonds. The predicted octanol–water partition coefficient (Wildman–Crippen LogP) is 1.45. The molecule has 0 unspecified atom stereocenters. The monoisotopic (exact) mass is 227 g/mol. The van der Waals surface area contributed by atoms with Gasteiger partial charge in [-0.2, -0.15) is 0 Å². The average molecular weight is 227 g/mol. The van der Waals surface area contributed by atoms with Gasteiger partial charge in [0.1, 0.15) is 0 Å². The van der Waals surface area contributed by atoms with Gasteiger partial charge in [-0.15, -0.1) is 0 Å². The van der Waals surface area contributed by atoms with Crippen LogP contribution in [0.2, 0.25) is 0 Å². The SMILES string of the molecule is C[C@@H]1CN(CCC(C)(C)C(=N)N)C[C@H](C)O1. The Labute approximate surface area is 98.6 Å². The highest BCUT2D eigenvalue weighted by Crippen LogP contribution is 2.21. The third kappa shape index (κ3) is 3.76. The Kier molecular flexibility index (Phi) is 4.33. The number of nitrogens with one attached hydrogen (secondary N) is 1. The van der Waals surface area contributed by atoms with E-state index in [0.717, 1.165) is 26.1 Å². The molecule has 94 valence electrons. The van der Waals surface area contributed by atoms with Gasteiger partial charge in [0.05, 0.1) is 18.0 Å². The predicted molar refractivity (Wildman–Crippen MR) is 66.8 cm³/mol. The summed E-state index contributed by atoms with van der Waals surface area (Å²) in [5.74, 6) is 0.279. The molecule has 1 heterocycles. The van der Waals surface area contributed by atoms with Crippen LogP contribution in [0.3, 0.4) is 0 Å². The van der Waals surface area contributed by atoms with Crippen LogP contribution in [0.25, 0.3) is 0 Å². The summed E-state index contributed by atoms with van der Waals surface area (Å²) >= 11 is 0. The van der Waals surface area contributed by atoms with Gasteiger partial charge in [-0.1, -0.05) is 13.8 Å². The van der Waals surface area contributed by atoms with E-state index in [4.69, 9.17) is 15.9 Å². The molecule has 0 aliphatic carbocycles. The van der Waals surface area contributed by atoms with E-state index in [-0.39, 0.29) is 11.3 Å². The van der Waals surface area contributed by atoms with Crippen molar-refractivity contribution in [3.8, 4) is 0 Å². The number of nitrogens with zero attached hydrogens (tertiary/aromatic N) is 1. The van der Waals surface area contributed by atoms with Gasteiger partial charge in [-0.05, 0) is 26.8 Å². The molecular formula is C12H25N3O. The van der Waals surface area contributed by atoms with Gasteiger partial charge in [0.2, 0.25) is 0 Å². The van der Waals surface area contributed by atoms with Crippen LogP contribution in [0, 0.1) is 10.8 Å². The summed E-state index contributed by atoms with van der Waals surface area (Å²) < 4.78 is 5.69. The molecule has 4 nitrogen and oxygen atoms in total. The molecule has 0 aromatic heterocycles. The zero-order valence-electron chi connectivity index (χ0n) is 10.9. The quantitative estimate of drug-likeness (QED) is 0.564. The molecule has 0 bridgehead atoms. The van der Waals surface area contributed by atoms with Crippen LogP contribution in [-0.4, -0.2) is 42.6 Å². The summed E-state index contributed by atoms with van der Waals surface area (Å²) in [5.41, 5.74) is 5.39. The fourth-order valence-electron chi connectivity index (χ4n) is 2.04. The number of morpholine rings is 1. The maximum atomic E-state index is 7.53. The lowest BCUT2D eigenvalue weighted by molar-refractivity contribution is -0.0692. The van der Waals surface area contributed by atoms with E-state index in [1.807, 2.05) is 13.8 Å². The van der Waals surface area contributed by atoms with Crippen LogP contribution in [0.1, 0.15) is 34.1 Å². The topological polar surface area (TPSA) is 62.3 Å². The van der Waals surface area contributed by atoms with Gasteiger partial charge >= 0.3 is 0 Å². The molecule has 1 rings (SSSR count).